The molecular formula is C19H23N5O3S. The van der Waals surface area contributed by atoms with Crippen LogP contribution in [-0.2, 0) is 14.6 Å². The summed E-state index contributed by atoms with van der Waals surface area (Å²) >= 11 is 0. The fraction of sp³-hybridized carbons (Fsp3) is 0.368. The van der Waals surface area contributed by atoms with Crippen molar-refractivity contribution in [3.8, 4) is 0 Å². The van der Waals surface area contributed by atoms with Gasteiger partial charge in [0.15, 0.2) is 5.82 Å². The molecule has 0 aliphatic carbocycles. The van der Waals surface area contributed by atoms with Gasteiger partial charge in [0.1, 0.15) is 27.6 Å². The number of nitrogens with one attached hydrogen (secondary N) is 1. The third kappa shape index (κ3) is 3.10. The largest absolute Gasteiger partial charge is 0.384 e. The van der Waals surface area contributed by atoms with Crippen molar-refractivity contribution >= 4 is 32.5 Å². The van der Waals surface area contributed by atoms with Crippen molar-refractivity contribution in [2.75, 3.05) is 23.7 Å². The van der Waals surface area contributed by atoms with E-state index in [4.69, 9.17) is 10.5 Å². The molecule has 0 saturated carbocycles. The van der Waals surface area contributed by atoms with Crippen molar-refractivity contribution in [3.05, 3.63) is 36.2 Å². The molecule has 0 amide bonds. The highest BCUT2D eigenvalue weighted by Gasteiger charge is 2.31. The number of benzene rings is 1. The Kier molecular flexibility index (Phi) is 4.51. The number of anilines is 2. The molecule has 9 heteroatoms. The lowest BCUT2D eigenvalue weighted by Crippen LogP contribution is -2.46. The lowest BCUT2D eigenvalue weighted by Gasteiger charge is -2.36. The summed E-state index contributed by atoms with van der Waals surface area (Å²) in [4.78, 5) is 14.3. The number of morpholine rings is 1. The summed E-state index contributed by atoms with van der Waals surface area (Å²) in [6.45, 7) is 7.05. The van der Waals surface area contributed by atoms with Gasteiger partial charge in [0.05, 0.1) is 17.1 Å². The first-order valence-corrected chi connectivity index (χ1v) is 10.6. The predicted octanol–water partition coefficient (Wildman–Crippen LogP) is 2.29. The van der Waals surface area contributed by atoms with Gasteiger partial charge in [0.25, 0.3) is 0 Å². The van der Waals surface area contributed by atoms with Crippen LogP contribution in [0.5, 0.6) is 0 Å². The van der Waals surface area contributed by atoms with Crippen LogP contribution >= 0.6 is 0 Å². The van der Waals surface area contributed by atoms with Gasteiger partial charge in [-0.25, -0.2) is 18.4 Å². The van der Waals surface area contributed by atoms with Gasteiger partial charge < -0.3 is 20.4 Å². The number of aryl methyl sites for hydroxylation is 1. The molecule has 28 heavy (non-hydrogen) atoms. The van der Waals surface area contributed by atoms with E-state index in [0.29, 0.717) is 35.8 Å². The standard InChI is InChI=1S/C19H23N5O3S/c1-11-9-24(10-12(2)27-11)19-16-15(21-13(3)22-19)17(18(20)23-16)28(25,26)14-7-5-4-6-8-14/h4-8,11-12,23H,9-10,20H2,1-3H3/t11-,12?/m0/s1. The van der Waals surface area contributed by atoms with E-state index < -0.39 is 9.84 Å². The summed E-state index contributed by atoms with van der Waals surface area (Å²) in [6.07, 6.45) is 0.0720. The Morgan fingerprint density at radius 3 is 2.43 bits per heavy atom. The summed E-state index contributed by atoms with van der Waals surface area (Å²) in [5, 5.41) is 0. The average Bonchev–Trinajstić information content (AvgIpc) is 2.97. The maximum Gasteiger partial charge on any atom is 0.212 e. The normalized spacial score (nSPS) is 20.6. The van der Waals surface area contributed by atoms with E-state index in [1.807, 2.05) is 13.8 Å². The molecule has 0 radical (unpaired) electrons. The molecule has 148 valence electrons. The highest BCUT2D eigenvalue weighted by Crippen LogP contribution is 2.36. The summed E-state index contributed by atoms with van der Waals surface area (Å²) in [7, 11) is -3.83. The van der Waals surface area contributed by atoms with E-state index in [0.717, 1.165) is 0 Å². The Labute approximate surface area is 163 Å². The molecule has 3 N–H and O–H groups in total. The molecule has 1 saturated heterocycles. The van der Waals surface area contributed by atoms with Crippen LogP contribution in [0, 0.1) is 6.92 Å². The fourth-order valence-electron chi connectivity index (χ4n) is 3.73. The van der Waals surface area contributed by atoms with Crippen LogP contribution < -0.4 is 10.6 Å². The minimum atomic E-state index is -3.83. The van der Waals surface area contributed by atoms with Crippen molar-refractivity contribution < 1.29 is 13.2 Å². The average molecular weight is 401 g/mol. The van der Waals surface area contributed by atoms with Gasteiger partial charge in [-0.05, 0) is 32.9 Å². The molecule has 3 aromatic rings. The summed E-state index contributed by atoms with van der Waals surface area (Å²) < 4.78 is 32.3. The quantitative estimate of drug-likeness (QED) is 0.692. The minimum absolute atomic E-state index is 0.00481. The van der Waals surface area contributed by atoms with E-state index in [1.165, 1.54) is 0 Å². The summed E-state index contributed by atoms with van der Waals surface area (Å²) in [5.41, 5.74) is 6.98. The zero-order valence-electron chi connectivity index (χ0n) is 16.0. The number of fused-ring (bicyclic) bond motifs is 1. The molecule has 4 rings (SSSR count). The Morgan fingerprint density at radius 1 is 1.14 bits per heavy atom. The van der Waals surface area contributed by atoms with Gasteiger partial charge in [-0.1, -0.05) is 18.2 Å². The number of aromatic nitrogens is 3. The molecule has 0 bridgehead atoms. The first kappa shape index (κ1) is 18.7. The first-order valence-electron chi connectivity index (χ1n) is 9.13. The van der Waals surface area contributed by atoms with Crippen LogP contribution in [-0.4, -0.2) is 48.7 Å². The zero-order chi connectivity index (χ0) is 20.1. The lowest BCUT2D eigenvalue weighted by atomic mass is 10.2. The van der Waals surface area contributed by atoms with Gasteiger partial charge in [0.2, 0.25) is 9.84 Å². The first-order chi connectivity index (χ1) is 13.3. The van der Waals surface area contributed by atoms with Gasteiger partial charge in [-0.3, -0.25) is 0 Å². The third-order valence-corrected chi connectivity index (χ3v) is 6.61. The van der Waals surface area contributed by atoms with Crippen molar-refractivity contribution in [1.29, 1.82) is 0 Å². The SMILES string of the molecule is Cc1nc(N2CC(C)O[C@@H](C)C2)c2[nH]c(N)c(S(=O)(=O)c3ccccc3)c2n1. The van der Waals surface area contributed by atoms with Crippen molar-refractivity contribution in [1.82, 2.24) is 15.0 Å². The number of nitrogens with zero attached hydrogens (tertiary/aromatic N) is 3. The van der Waals surface area contributed by atoms with E-state index in [9.17, 15) is 8.42 Å². The van der Waals surface area contributed by atoms with Gasteiger partial charge in [-0.2, -0.15) is 0 Å². The highest BCUT2D eigenvalue weighted by molar-refractivity contribution is 7.92. The maximum atomic E-state index is 13.2. The molecule has 1 fully saturated rings. The minimum Gasteiger partial charge on any atom is -0.384 e. The topological polar surface area (TPSA) is 114 Å². The number of H-pyrrole nitrogens is 1. The molecule has 1 unspecified atom stereocenters. The van der Waals surface area contributed by atoms with Crippen LogP contribution in [0.25, 0.3) is 11.0 Å². The van der Waals surface area contributed by atoms with Crippen molar-refractivity contribution in [3.63, 3.8) is 0 Å². The van der Waals surface area contributed by atoms with Crippen LogP contribution in [0.3, 0.4) is 0 Å². The van der Waals surface area contributed by atoms with E-state index >= 15 is 0 Å². The summed E-state index contributed by atoms with van der Waals surface area (Å²) in [6, 6.07) is 8.23. The molecule has 3 heterocycles. The molecule has 1 aromatic carbocycles. The predicted molar refractivity (Wildman–Crippen MR) is 107 cm³/mol. The molecule has 2 aromatic heterocycles. The van der Waals surface area contributed by atoms with Crippen LogP contribution in [0.2, 0.25) is 0 Å². The molecule has 1 aliphatic heterocycles. The van der Waals surface area contributed by atoms with E-state index in [2.05, 4.69) is 19.9 Å². The Morgan fingerprint density at radius 2 is 1.79 bits per heavy atom. The number of hydrogen-bond acceptors (Lipinski definition) is 7. The van der Waals surface area contributed by atoms with Gasteiger partial charge in [0, 0.05) is 13.1 Å². The number of nitrogens with two attached hydrogens (primary N) is 1. The summed E-state index contributed by atoms with van der Waals surface area (Å²) in [5.74, 6) is 1.19. The van der Waals surface area contributed by atoms with Crippen molar-refractivity contribution in [2.45, 2.75) is 42.8 Å². The Hall–Kier alpha value is -2.65. The van der Waals surface area contributed by atoms with Crippen LogP contribution in [0.4, 0.5) is 11.6 Å². The fourth-order valence-corrected chi connectivity index (χ4v) is 5.22. The van der Waals surface area contributed by atoms with Gasteiger partial charge >= 0.3 is 0 Å². The van der Waals surface area contributed by atoms with E-state index in [1.54, 1.807) is 37.3 Å². The number of rotatable bonds is 3. The third-order valence-electron chi connectivity index (χ3n) is 4.76. The molecule has 8 nitrogen and oxygen atoms in total. The number of nitrogen functional groups attached to an aromatic ring is 1. The second-order valence-corrected chi connectivity index (χ2v) is 9.05. The zero-order valence-corrected chi connectivity index (χ0v) is 16.8. The smallest absolute Gasteiger partial charge is 0.212 e. The van der Waals surface area contributed by atoms with Crippen LogP contribution in [0.15, 0.2) is 40.1 Å². The van der Waals surface area contributed by atoms with Crippen molar-refractivity contribution in [2.24, 2.45) is 0 Å². The molecular weight excluding hydrogens is 378 g/mol. The second kappa shape index (κ2) is 6.75. The number of aromatic amines is 1. The van der Waals surface area contributed by atoms with Crippen LogP contribution in [0.1, 0.15) is 19.7 Å². The van der Waals surface area contributed by atoms with E-state index in [-0.39, 0.29) is 27.8 Å². The Balaban J connectivity index is 1.92. The lowest BCUT2D eigenvalue weighted by molar-refractivity contribution is -0.00539. The molecule has 1 aliphatic rings. The maximum absolute atomic E-state index is 13.2. The number of sulfone groups is 1. The Bertz CT molecular complexity index is 1120. The number of hydrogen-bond donors (Lipinski definition) is 2. The second-order valence-electron chi connectivity index (χ2n) is 7.16. The van der Waals surface area contributed by atoms with Gasteiger partial charge in [-0.15, -0.1) is 0 Å². The number of ether oxygens (including phenoxy) is 1. The molecule has 0 spiro atoms. The monoisotopic (exact) mass is 401 g/mol. The molecule has 2 atom stereocenters. The highest BCUT2D eigenvalue weighted by atomic mass is 32.2.